The van der Waals surface area contributed by atoms with Crippen LogP contribution in [0.3, 0.4) is 0 Å². The van der Waals surface area contributed by atoms with Crippen LogP contribution in [0.1, 0.15) is 0 Å². The van der Waals surface area contributed by atoms with Crippen molar-refractivity contribution in [1.29, 1.82) is 0 Å². The van der Waals surface area contributed by atoms with Crippen LogP contribution in [0.4, 0.5) is 8.78 Å². The fourth-order valence-electron chi connectivity index (χ4n) is 1.16. The van der Waals surface area contributed by atoms with Gasteiger partial charge in [0.25, 0.3) is 0 Å². The summed E-state index contributed by atoms with van der Waals surface area (Å²) in [6.07, 6.45) is 0. The molecule has 0 radical (unpaired) electrons. The highest BCUT2D eigenvalue weighted by Crippen LogP contribution is 2.16. The maximum atomic E-state index is 12.9. The Kier molecular flexibility index (Phi) is 2.16. The van der Waals surface area contributed by atoms with Gasteiger partial charge in [0.2, 0.25) is 0 Å². The van der Waals surface area contributed by atoms with Gasteiger partial charge < -0.3 is 9.97 Å². The fourth-order valence-corrected chi connectivity index (χ4v) is 1.71. The van der Waals surface area contributed by atoms with Gasteiger partial charge in [-0.05, 0) is 18.3 Å². The van der Waals surface area contributed by atoms with Crippen molar-refractivity contribution in [2.45, 2.75) is 0 Å². The van der Waals surface area contributed by atoms with Crippen LogP contribution in [-0.4, -0.2) is 9.97 Å². The molecule has 2 nitrogen and oxygen atoms in total. The van der Waals surface area contributed by atoms with E-state index in [0.29, 0.717) is 15.5 Å². The SMILES string of the molecule is Fc1cc2[nH]c(=S)[nH]c(=S)c2cc1F. The highest BCUT2D eigenvalue weighted by atomic mass is 32.1. The average Bonchev–Trinajstić information content (AvgIpc) is 2.08. The standard InChI is InChI=1S/C8H4F2N2S2/c9-4-1-3-6(2-5(4)10)11-8(14)12-7(3)13/h1-2H,(H2,11,12,13,14). The van der Waals surface area contributed by atoms with Gasteiger partial charge in [0.1, 0.15) is 4.64 Å². The molecule has 2 N–H and O–H groups in total. The summed E-state index contributed by atoms with van der Waals surface area (Å²) >= 11 is 9.72. The van der Waals surface area contributed by atoms with Gasteiger partial charge in [-0.3, -0.25) is 0 Å². The van der Waals surface area contributed by atoms with Gasteiger partial charge in [0.15, 0.2) is 16.4 Å². The number of benzene rings is 1. The van der Waals surface area contributed by atoms with Gasteiger partial charge in [-0.25, -0.2) is 8.78 Å². The van der Waals surface area contributed by atoms with Crippen LogP contribution in [0.15, 0.2) is 12.1 Å². The molecule has 0 unspecified atom stereocenters. The summed E-state index contributed by atoms with van der Waals surface area (Å²) < 4.78 is 26.3. The second kappa shape index (κ2) is 3.21. The first kappa shape index (κ1) is 9.42. The molecule has 0 bridgehead atoms. The summed E-state index contributed by atoms with van der Waals surface area (Å²) in [5.41, 5.74) is 0.387. The summed E-state index contributed by atoms with van der Waals surface area (Å²) in [6.45, 7) is 0. The lowest BCUT2D eigenvalue weighted by molar-refractivity contribution is 0.510. The predicted molar refractivity (Wildman–Crippen MR) is 54.2 cm³/mol. The molecular formula is C8H4F2N2S2. The first-order valence-electron chi connectivity index (χ1n) is 3.69. The fraction of sp³-hybridized carbons (Fsp3) is 0. The zero-order valence-electron chi connectivity index (χ0n) is 6.73. The lowest BCUT2D eigenvalue weighted by Gasteiger charge is -1.99. The molecule has 0 aliphatic heterocycles. The largest absolute Gasteiger partial charge is 0.332 e. The van der Waals surface area contributed by atoms with E-state index in [1.54, 1.807) is 0 Å². The molecule has 0 aliphatic rings. The number of halogens is 2. The molecule has 0 fully saturated rings. The van der Waals surface area contributed by atoms with Gasteiger partial charge in [-0.15, -0.1) is 0 Å². The van der Waals surface area contributed by atoms with Crippen LogP contribution in [0.2, 0.25) is 0 Å². The van der Waals surface area contributed by atoms with Crippen molar-refractivity contribution in [3.05, 3.63) is 33.2 Å². The van der Waals surface area contributed by atoms with Crippen LogP contribution >= 0.6 is 24.4 Å². The summed E-state index contributed by atoms with van der Waals surface area (Å²) in [4.78, 5) is 5.33. The van der Waals surface area contributed by atoms with Crippen LogP contribution in [0.25, 0.3) is 10.9 Å². The number of aromatic amines is 2. The molecule has 1 aromatic carbocycles. The Labute approximate surface area is 87.6 Å². The first-order chi connectivity index (χ1) is 6.58. The second-order valence-corrected chi connectivity index (χ2v) is 3.54. The van der Waals surface area contributed by atoms with Gasteiger partial charge in [-0.2, -0.15) is 0 Å². The quantitative estimate of drug-likeness (QED) is 0.681. The lowest BCUT2D eigenvalue weighted by Crippen LogP contribution is -1.90. The van der Waals surface area contributed by atoms with Crippen LogP contribution in [-0.2, 0) is 0 Å². The molecule has 1 heterocycles. The van der Waals surface area contributed by atoms with Crippen LogP contribution in [0.5, 0.6) is 0 Å². The molecule has 0 atom stereocenters. The van der Waals surface area contributed by atoms with Gasteiger partial charge in [0.05, 0.1) is 5.52 Å². The highest BCUT2D eigenvalue weighted by Gasteiger charge is 2.05. The summed E-state index contributed by atoms with van der Waals surface area (Å²) in [5.74, 6) is -1.86. The van der Waals surface area contributed by atoms with Crippen molar-refractivity contribution in [2.24, 2.45) is 0 Å². The van der Waals surface area contributed by atoms with E-state index in [1.165, 1.54) is 0 Å². The van der Waals surface area contributed by atoms with Gasteiger partial charge in [-0.1, -0.05) is 12.2 Å². The molecule has 2 aromatic rings. The Morgan fingerprint density at radius 3 is 2.36 bits per heavy atom. The second-order valence-electron chi connectivity index (χ2n) is 2.72. The van der Waals surface area contributed by atoms with E-state index in [-0.39, 0.29) is 4.77 Å². The third-order valence-electron chi connectivity index (χ3n) is 1.78. The minimum Gasteiger partial charge on any atom is -0.332 e. The van der Waals surface area contributed by atoms with Gasteiger partial charge >= 0.3 is 0 Å². The highest BCUT2D eigenvalue weighted by molar-refractivity contribution is 7.72. The maximum Gasteiger partial charge on any atom is 0.175 e. The monoisotopic (exact) mass is 230 g/mol. The Morgan fingerprint density at radius 2 is 1.64 bits per heavy atom. The van der Waals surface area contributed by atoms with E-state index in [4.69, 9.17) is 24.4 Å². The number of hydrogen-bond acceptors (Lipinski definition) is 2. The van der Waals surface area contributed by atoms with E-state index in [0.717, 1.165) is 12.1 Å². The molecule has 0 spiro atoms. The molecule has 6 heteroatoms. The van der Waals surface area contributed by atoms with Crippen molar-refractivity contribution in [1.82, 2.24) is 9.97 Å². The number of H-pyrrole nitrogens is 2. The van der Waals surface area contributed by atoms with Crippen molar-refractivity contribution in [3.63, 3.8) is 0 Å². The van der Waals surface area contributed by atoms with Crippen molar-refractivity contribution in [2.75, 3.05) is 0 Å². The normalized spacial score (nSPS) is 10.7. The molecule has 0 saturated carbocycles. The van der Waals surface area contributed by atoms with Gasteiger partial charge in [0, 0.05) is 11.5 Å². The molecular weight excluding hydrogens is 226 g/mol. The van der Waals surface area contributed by atoms with Crippen molar-refractivity contribution in [3.8, 4) is 0 Å². The molecule has 1 aromatic heterocycles. The van der Waals surface area contributed by atoms with E-state index in [9.17, 15) is 8.78 Å². The summed E-state index contributed by atoms with van der Waals surface area (Å²) in [5, 5.41) is 0.410. The van der Waals surface area contributed by atoms with Crippen LogP contribution in [0, 0.1) is 21.0 Å². The van der Waals surface area contributed by atoms with E-state index in [1.807, 2.05) is 0 Å². The van der Waals surface area contributed by atoms with Crippen molar-refractivity contribution >= 4 is 35.3 Å². The molecule has 14 heavy (non-hydrogen) atoms. The zero-order chi connectivity index (χ0) is 10.3. The molecule has 0 amide bonds. The molecule has 72 valence electrons. The van der Waals surface area contributed by atoms with Crippen LogP contribution < -0.4 is 0 Å². The molecule has 0 saturated heterocycles. The summed E-state index contributed by atoms with van der Waals surface area (Å²) in [6, 6.07) is 2.07. The third-order valence-corrected chi connectivity index (χ3v) is 2.31. The Morgan fingerprint density at radius 1 is 1.00 bits per heavy atom. The zero-order valence-corrected chi connectivity index (χ0v) is 8.36. The Bertz CT molecular complexity index is 615. The number of nitrogens with one attached hydrogen (secondary N) is 2. The van der Waals surface area contributed by atoms with E-state index in [2.05, 4.69) is 9.97 Å². The first-order valence-corrected chi connectivity index (χ1v) is 4.51. The molecule has 0 aliphatic carbocycles. The minimum atomic E-state index is -0.928. The maximum absolute atomic E-state index is 12.9. The number of hydrogen-bond donors (Lipinski definition) is 2. The summed E-state index contributed by atoms with van der Waals surface area (Å²) in [7, 11) is 0. The topological polar surface area (TPSA) is 31.6 Å². The Hall–Kier alpha value is -1.14. The Balaban J connectivity index is 3.03. The molecule has 2 rings (SSSR count). The van der Waals surface area contributed by atoms with Crippen molar-refractivity contribution < 1.29 is 8.78 Å². The third kappa shape index (κ3) is 1.46. The predicted octanol–water partition coefficient (Wildman–Crippen LogP) is 3.23. The minimum absolute atomic E-state index is 0.286. The average molecular weight is 230 g/mol. The lowest BCUT2D eigenvalue weighted by atomic mass is 10.2. The smallest absolute Gasteiger partial charge is 0.175 e. The number of fused-ring (bicyclic) bond motifs is 1. The van der Waals surface area contributed by atoms with E-state index < -0.39 is 11.6 Å². The number of aromatic nitrogens is 2. The van der Waals surface area contributed by atoms with E-state index >= 15 is 0 Å². The number of rotatable bonds is 0.